The fourth-order valence-electron chi connectivity index (χ4n) is 4.12. The number of amides is 1. The number of aryl methyl sites for hydroxylation is 1. The van der Waals surface area contributed by atoms with Gasteiger partial charge in [-0.15, -0.1) is 0 Å². The van der Waals surface area contributed by atoms with Crippen LogP contribution in [0.3, 0.4) is 0 Å². The summed E-state index contributed by atoms with van der Waals surface area (Å²) in [7, 11) is 0. The highest BCUT2D eigenvalue weighted by molar-refractivity contribution is 8.16. The summed E-state index contributed by atoms with van der Waals surface area (Å²) in [6, 6.07) is 17.4. The van der Waals surface area contributed by atoms with Crippen molar-refractivity contribution in [3.8, 4) is 0 Å². The Hall–Kier alpha value is -3.32. The van der Waals surface area contributed by atoms with Gasteiger partial charge in [0.1, 0.15) is 0 Å². The Morgan fingerprint density at radius 1 is 1.09 bits per heavy atom. The molecule has 0 aromatic heterocycles. The topological polar surface area (TPSA) is 71.0 Å². The van der Waals surface area contributed by atoms with E-state index < -0.39 is 6.04 Å². The van der Waals surface area contributed by atoms with E-state index in [4.69, 9.17) is 9.73 Å². The van der Waals surface area contributed by atoms with E-state index in [1.54, 1.807) is 0 Å². The first-order valence-corrected chi connectivity index (χ1v) is 12.2. The number of ether oxygens (including phenoxy) is 1. The van der Waals surface area contributed by atoms with Crippen LogP contribution in [0.25, 0.3) is 0 Å². The number of allylic oxidation sites excluding steroid dienone is 1. The van der Waals surface area contributed by atoms with E-state index in [0.29, 0.717) is 17.8 Å². The first-order valence-electron chi connectivity index (χ1n) is 11.4. The lowest BCUT2D eigenvalue weighted by Gasteiger charge is -2.37. The summed E-state index contributed by atoms with van der Waals surface area (Å²) in [6.45, 7) is 8.01. The van der Waals surface area contributed by atoms with Gasteiger partial charge in [0.2, 0.25) is 5.91 Å². The van der Waals surface area contributed by atoms with Crippen molar-refractivity contribution in [1.82, 2.24) is 10.2 Å². The number of benzene rings is 2. The van der Waals surface area contributed by atoms with Gasteiger partial charge < -0.3 is 15.0 Å². The molecule has 1 amide bonds. The van der Waals surface area contributed by atoms with Crippen LogP contribution in [0.4, 0.5) is 0 Å². The molecule has 1 unspecified atom stereocenters. The SMILES string of the molecule is CC1=C(C(=O)OC(C)C)C(c2ccccc2C)N2C(CC(=O)NCc3ccccc3)=CSC2=N1. The predicted octanol–water partition coefficient (Wildman–Crippen LogP) is 5.23. The Kier molecular flexibility index (Phi) is 7.22. The summed E-state index contributed by atoms with van der Waals surface area (Å²) in [6.07, 6.45) is -0.0605. The van der Waals surface area contributed by atoms with Crippen molar-refractivity contribution in [3.63, 3.8) is 0 Å². The fourth-order valence-corrected chi connectivity index (χ4v) is 5.08. The summed E-state index contributed by atoms with van der Waals surface area (Å²) in [5, 5.41) is 5.71. The Balaban J connectivity index is 1.63. The minimum atomic E-state index is -0.414. The normalized spacial score (nSPS) is 17.3. The lowest BCUT2D eigenvalue weighted by Crippen LogP contribution is -2.38. The number of nitrogens with zero attached hydrogens (tertiary/aromatic N) is 2. The van der Waals surface area contributed by atoms with Crippen LogP contribution in [0.1, 0.15) is 49.9 Å². The molecule has 176 valence electrons. The number of aliphatic imine (C=N–C) groups is 1. The average Bonchev–Trinajstić information content (AvgIpc) is 3.19. The van der Waals surface area contributed by atoms with Gasteiger partial charge in [0.25, 0.3) is 0 Å². The van der Waals surface area contributed by atoms with E-state index in [-0.39, 0.29) is 24.4 Å². The highest BCUT2D eigenvalue weighted by atomic mass is 32.2. The molecule has 1 N–H and O–H groups in total. The minimum absolute atomic E-state index is 0.0851. The molecule has 0 saturated carbocycles. The van der Waals surface area contributed by atoms with Crippen LogP contribution in [0.15, 0.2) is 82.0 Å². The number of hydrogen-bond acceptors (Lipinski definition) is 6. The van der Waals surface area contributed by atoms with Gasteiger partial charge in [-0.1, -0.05) is 66.4 Å². The van der Waals surface area contributed by atoms with E-state index in [2.05, 4.69) is 5.32 Å². The zero-order valence-electron chi connectivity index (χ0n) is 19.9. The second-order valence-corrected chi connectivity index (χ2v) is 9.48. The van der Waals surface area contributed by atoms with Crippen LogP contribution < -0.4 is 5.32 Å². The van der Waals surface area contributed by atoms with Gasteiger partial charge in [-0.25, -0.2) is 9.79 Å². The molecule has 7 heteroatoms. The molecule has 4 rings (SSSR count). The summed E-state index contributed by atoms with van der Waals surface area (Å²) in [5.41, 5.74) is 5.04. The van der Waals surface area contributed by atoms with Gasteiger partial charge in [0, 0.05) is 12.2 Å². The maximum Gasteiger partial charge on any atom is 0.338 e. The van der Waals surface area contributed by atoms with Crippen LogP contribution in [0.5, 0.6) is 0 Å². The first kappa shape index (κ1) is 23.8. The Labute approximate surface area is 204 Å². The third kappa shape index (κ3) is 5.09. The highest BCUT2D eigenvalue weighted by Gasteiger charge is 2.41. The Bertz CT molecular complexity index is 1180. The summed E-state index contributed by atoms with van der Waals surface area (Å²) >= 11 is 1.47. The number of hydrogen-bond donors (Lipinski definition) is 1. The number of fused-ring (bicyclic) bond motifs is 1. The molecule has 6 nitrogen and oxygen atoms in total. The van der Waals surface area contributed by atoms with Crippen molar-refractivity contribution in [2.75, 3.05) is 0 Å². The van der Waals surface area contributed by atoms with E-state index in [1.165, 1.54) is 11.8 Å². The molecule has 2 heterocycles. The van der Waals surface area contributed by atoms with Gasteiger partial charge in [0.15, 0.2) is 5.17 Å². The first-order chi connectivity index (χ1) is 16.3. The highest BCUT2D eigenvalue weighted by Crippen LogP contribution is 2.45. The predicted molar refractivity (Wildman–Crippen MR) is 136 cm³/mol. The maximum absolute atomic E-state index is 13.2. The quantitative estimate of drug-likeness (QED) is 0.556. The largest absolute Gasteiger partial charge is 0.459 e. The number of thioether (sulfide) groups is 1. The molecule has 2 aliphatic heterocycles. The summed E-state index contributed by atoms with van der Waals surface area (Å²) in [5.74, 6) is -0.466. The smallest absolute Gasteiger partial charge is 0.338 e. The molecule has 0 aliphatic carbocycles. The number of nitrogens with one attached hydrogen (secondary N) is 1. The lowest BCUT2D eigenvalue weighted by molar-refractivity contribution is -0.143. The molecule has 2 aromatic carbocycles. The van der Waals surface area contributed by atoms with Gasteiger partial charge in [0.05, 0.1) is 29.8 Å². The zero-order valence-corrected chi connectivity index (χ0v) is 20.7. The monoisotopic (exact) mass is 475 g/mol. The molecule has 0 bridgehead atoms. The molecular formula is C27H29N3O3S. The number of rotatable bonds is 7. The second-order valence-electron chi connectivity index (χ2n) is 8.64. The van der Waals surface area contributed by atoms with Crippen LogP contribution in [-0.4, -0.2) is 28.0 Å². The van der Waals surface area contributed by atoms with Crippen molar-refractivity contribution >= 4 is 28.8 Å². The maximum atomic E-state index is 13.2. The molecule has 2 aromatic rings. The molecule has 2 aliphatic rings. The van der Waals surface area contributed by atoms with Crippen LogP contribution in [0, 0.1) is 6.92 Å². The van der Waals surface area contributed by atoms with E-state index in [1.807, 2.05) is 92.6 Å². The summed E-state index contributed by atoms with van der Waals surface area (Å²) < 4.78 is 5.61. The molecular weight excluding hydrogens is 446 g/mol. The van der Waals surface area contributed by atoms with Crippen molar-refractivity contribution in [2.45, 2.75) is 52.8 Å². The number of carbonyl (C=O) groups excluding carboxylic acids is 2. The fraction of sp³-hybridized carbons (Fsp3) is 0.296. The van der Waals surface area contributed by atoms with Crippen molar-refractivity contribution in [2.24, 2.45) is 4.99 Å². The molecule has 0 fully saturated rings. The second kappa shape index (κ2) is 10.3. The third-order valence-corrected chi connectivity index (χ3v) is 6.61. The number of esters is 1. The van der Waals surface area contributed by atoms with Gasteiger partial charge in [-0.2, -0.15) is 0 Å². The van der Waals surface area contributed by atoms with Gasteiger partial charge in [-0.05, 0) is 49.8 Å². The van der Waals surface area contributed by atoms with E-state index >= 15 is 0 Å². The Morgan fingerprint density at radius 2 is 1.79 bits per heavy atom. The van der Waals surface area contributed by atoms with E-state index in [0.717, 1.165) is 27.6 Å². The van der Waals surface area contributed by atoms with Crippen LogP contribution in [0.2, 0.25) is 0 Å². The Morgan fingerprint density at radius 3 is 2.50 bits per heavy atom. The number of carbonyl (C=O) groups is 2. The summed E-state index contributed by atoms with van der Waals surface area (Å²) in [4.78, 5) is 32.8. The van der Waals surface area contributed by atoms with Crippen LogP contribution >= 0.6 is 11.8 Å². The van der Waals surface area contributed by atoms with Gasteiger partial charge >= 0.3 is 5.97 Å². The lowest BCUT2D eigenvalue weighted by atomic mass is 9.91. The van der Waals surface area contributed by atoms with Crippen molar-refractivity contribution < 1.29 is 14.3 Å². The molecule has 34 heavy (non-hydrogen) atoms. The standard InChI is InChI=1S/C27H29N3O3S/c1-17(2)33-26(32)24-19(4)29-27-30(25(24)22-13-9-8-10-18(22)3)21(16-34-27)14-23(31)28-15-20-11-6-5-7-12-20/h5-13,16-17,25H,14-15H2,1-4H3,(H,28,31). The van der Waals surface area contributed by atoms with Crippen molar-refractivity contribution in [1.29, 1.82) is 0 Å². The third-order valence-electron chi connectivity index (χ3n) is 5.72. The molecule has 1 atom stereocenters. The van der Waals surface area contributed by atoms with Crippen molar-refractivity contribution in [3.05, 3.63) is 93.7 Å². The van der Waals surface area contributed by atoms with Crippen LogP contribution in [-0.2, 0) is 20.9 Å². The minimum Gasteiger partial charge on any atom is -0.459 e. The average molecular weight is 476 g/mol. The number of amidine groups is 1. The van der Waals surface area contributed by atoms with E-state index in [9.17, 15) is 9.59 Å². The molecule has 0 radical (unpaired) electrons. The molecule has 0 saturated heterocycles. The molecule has 0 spiro atoms. The zero-order chi connectivity index (χ0) is 24.2. The van der Waals surface area contributed by atoms with Gasteiger partial charge in [-0.3, -0.25) is 4.79 Å².